The Bertz CT molecular complexity index is 314. The summed E-state index contributed by atoms with van der Waals surface area (Å²) in [6.45, 7) is 3.00. The molecule has 0 saturated heterocycles. The van der Waals surface area contributed by atoms with Crippen LogP contribution in [0.5, 0.6) is 0 Å². The lowest BCUT2D eigenvalue weighted by atomic mass is 9.55. The molecule has 116 valence electrons. The molecule has 4 atom stereocenters. The second-order valence-electron chi connectivity index (χ2n) is 7.00. The van der Waals surface area contributed by atoms with Gasteiger partial charge < -0.3 is 14.8 Å². The molecule has 0 bridgehead atoms. The molecule has 0 amide bonds. The number of nitrogens with one attached hydrogen (secondary N) is 1. The Hall–Kier alpha value is -0.120. The molecule has 3 rings (SSSR count). The predicted molar refractivity (Wildman–Crippen MR) is 80.9 cm³/mol. The zero-order valence-electron chi connectivity index (χ0n) is 13.2. The Morgan fingerprint density at radius 1 is 1.10 bits per heavy atom. The maximum Gasteiger partial charge on any atom is 0.0724 e. The van der Waals surface area contributed by atoms with Crippen molar-refractivity contribution in [3.63, 3.8) is 0 Å². The molecule has 0 aromatic heterocycles. The molecule has 1 N–H and O–H groups in total. The summed E-state index contributed by atoms with van der Waals surface area (Å²) >= 11 is 0. The zero-order chi connectivity index (χ0) is 14.0. The summed E-state index contributed by atoms with van der Waals surface area (Å²) in [4.78, 5) is 0. The lowest BCUT2D eigenvalue weighted by molar-refractivity contribution is -0.154. The van der Waals surface area contributed by atoms with E-state index in [1.54, 1.807) is 0 Å². The first-order valence-corrected chi connectivity index (χ1v) is 8.70. The smallest absolute Gasteiger partial charge is 0.0724 e. The Morgan fingerprint density at radius 3 is 2.60 bits per heavy atom. The summed E-state index contributed by atoms with van der Waals surface area (Å²) < 4.78 is 11.7. The van der Waals surface area contributed by atoms with Crippen molar-refractivity contribution in [2.75, 3.05) is 13.7 Å². The molecule has 3 aliphatic carbocycles. The molecule has 3 nitrogen and oxygen atoms in total. The van der Waals surface area contributed by atoms with Gasteiger partial charge in [0.2, 0.25) is 0 Å². The van der Waals surface area contributed by atoms with Gasteiger partial charge in [0.05, 0.1) is 12.2 Å². The number of ether oxygens (including phenoxy) is 2. The van der Waals surface area contributed by atoms with E-state index in [-0.39, 0.29) is 0 Å². The summed E-state index contributed by atoms with van der Waals surface area (Å²) in [6.07, 6.45) is 12.9. The van der Waals surface area contributed by atoms with Gasteiger partial charge in [-0.25, -0.2) is 0 Å². The fourth-order valence-corrected chi connectivity index (χ4v) is 4.95. The molecule has 3 saturated carbocycles. The minimum Gasteiger partial charge on any atom is -0.380 e. The number of hydrogen-bond acceptors (Lipinski definition) is 3. The fraction of sp³-hybridized carbons (Fsp3) is 1.00. The molecule has 0 aromatic carbocycles. The third-order valence-electron chi connectivity index (χ3n) is 6.11. The third kappa shape index (κ3) is 2.53. The standard InChI is InChI=1S/C17H31NO2/c1-3-20-16-12-15(17(16)10-5-4-6-11-17)18-13-8-7-9-14(13)19-2/h13-16,18H,3-12H2,1-2H3. The Morgan fingerprint density at radius 2 is 1.90 bits per heavy atom. The molecule has 0 aromatic rings. The van der Waals surface area contributed by atoms with E-state index < -0.39 is 0 Å². The van der Waals surface area contributed by atoms with E-state index in [0.29, 0.717) is 29.7 Å². The van der Waals surface area contributed by atoms with Gasteiger partial charge in [-0.1, -0.05) is 19.3 Å². The van der Waals surface area contributed by atoms with Gasteiger partial charge in [-0.2, -0.15) is 0 Å². The van der Waals surface area contributed by atoms with Crippen LogP contribution in [0.15, 0.2) is 0 Å². The van der Waals surface area contributed by atoms with Gasteiger partial charge >= 0.3 is 0 Å². The molecule has 0 heterocycles. The second-order valence-corrected chi connectivity index (χ2v) is 7.00. The minimum atomic E-state index is 0.432. The molecule has 4 unspecified atom stereocenters. The highest BCUT2D eigenvalue weighted by Crippen LogP contribution is 2.53. The van der Waals surface area contributed by atoms with Crippen LogP contribution in [0.4, 0.5) is 0 Å². The van der Waals surface area contributed by atoms with Crippen LogP contribution in [0.25, 0.3) is 0 Å². The van der Waals surface area contributed by atoms with Crippen molar-refractivity contribution >= 4 is 0 Å². The number of hydrogen-bond donors (Lipinski definition) is 1. The first-order chi connectivity index (χ1) is 9.80. The normalized spacial score (nSPS) is 39.9. The molecule has 3 heteroatoms. The highest BCUT2D eigenvalue weighted by Gasteiger charge is 2.56. The average molecular weight is 281 g/mol. The van der Waals surface area contributed by atoms with Gasteiger partial charge in [0.25, 0.3) is 0 Å². The van der Waals surface area contributed by atoms with Crippen LogP contribution in [0.1, 0.15) is 64.7 Å². The Balaban J connectivity index is 1.64. The molecule has 3 fully saturated rings. The van der Waals surface area contributed by atoms with Gasteiger partial charge in [0, 0.05) is 31.2 Å². The van der Waals surface area contributed by atoms with Crippen molar-refractivity contribution in [3.8, 4) is 0 Å². The van der Waals surface area contributed by atoms with E-state index in [1.807, 2.05) is 7.11 Å². The first-order valence-electron chi connectivity index (χ1n) is 8.70. The summed E-state index contributed by atoms with van der Waals surface area (Å²) in [7, 11) is 1.87. The van der Waals surface area contributed by atoms with Crippen LogP contribution in [0, 0.1) is 5.41 Å². The highest BCUT2D eigenvalue weighted by atomic mass is 16.5. The van der Waals surface area contributed by atoms with E-state index in [0.717, 1.165) is 6.61 Å². The van der Waals surface area contributed by atoms with Gasteiger partial charge in [-0.15, -0.1) is 0 Å². The monoisotopic (exact) mass is 281 g/mol. The Labute approximate surface area is 123 Å². The Kier molecular flexibility index (Phi) is 4.68. The summed E-state index contributed by atoms with van der Waals surface area (Å²) in [5.74, 6) is 0. The topological polar surface area (TPSA) is 30.5 Å². The van der Waals surface area contributed by atoms with Gasteiger partial charge in [0.1, 0.15) is 0 Å². The second kappa shape index (κ2) is 6.33. The molecule has 20 heavy (non-hydrogen) atoms. The maximum absolute atomic E-state index is 6.05. The molecule has 1 spiro atoms. The van der Waals surface area contributed by atoms with Crippen LogP contribution < -0.4 is 5.32 Å². The molecular formula is C17H31NO2. The van der Waals surface area contributed by atoms with Gasteiger partial charge in [-0.05, 0) is 45.4 Å². The maximum atomic E-state index is 6.05. The molecule has 0 aliphatic heterocycles. The minimum absolute atomic E-state index is 0.432. The fourth-order valence-electron chi connectivity index (χ4n) is 4.95. The van der Waals surface area contributed by atoms with E-state index in [9.17, 15) is 0 Å². The number of methoxy groups -OCH3 is 1. The molecule has 3 aliphatic rings. The van der Waals surface area contributed by atoms with Gasteiger partial charge in [0.15, 0.2) is 0 Å². The van der Waals surface area contributed by atoms with Crippen molar-refractivity contribution < 1.29 is 9.47 Å². The van der Waals surface area contributed by atoms with Crippen LogP contribution in [0.3, 0.4) is 0 Å². The van der Waals surface area contributed by atoms with E-state index in [2.05, 4.69) is 12.2 Å². The summed E-state index contributed by atoms with van der Waals surface area (Å²) in [5.41, 5.74) is 0.440. The van der Waals surface area contributed by atoms with Crippen molar-refractivity contribution in [1.29, 1.82) is 0 Å². The zero-order valence-corrected chi connectivity index (χ0v) is 13.2. The van der Waals surface area contributed by atoms with Crippen molar-refractivity contribution in [2.24, 2.45) is 5.41 Å². The van der Waals surface area contributed by atoms with E-state index in [1.165, 1.54) is 57.8 Å². The average Bonchev–Trinajstić information content (AvgIpc) is 2.94. The van der Waals surface area contributed by atoms with Crippen LogP contribution in [-0.4, -0.2) is 38.0 Å². The van der Waals surface area contributed by atoms with Crippen molar-refractivity contribution in [2.45, 2.75) is 89.0 Å². The van der Waals surface area contributed by atoms with Crippen LogP contribution in [0.2, 0.25) is 0 Å². The first kappa shape index (κ1) is 14.8. The molecule has 0 radical (unpaired) electrons. The lowest BCUT2D eigenvalue weighted by Crippen LogP contribution is -2.66. The van der Waals surface area contributed by atoms with Crippen molar-refractivity contribution in [1.82, 2.24) is 5.32 Å². The van der Waals surface area contributed by atoms with Gasteiger partial charge in [-0.3, -0.25) is 0 Å². The van der Waals surface area contributed by atoms with Crippen LogP contribution >= 0.6 is 0 Å². The summed E-state index contributed by atoms with van der Waals surface area (Å²) in [6, 6.07) is 1.24. The van der Waals surface area contributed by atoms with Crippen LogP contribution in [-0.2, 0) is 9.47 Å². The SMILES string of the molecule is CCOC1CC(NC2CCCC2OC)C12CCCCC2. The highest BCUT2D eigenvalue weighted by molar-refractivity contribution is 5.10. The van der Waals surface area contributed by atoms with Crippen molar-refractivity contribution in [3.05, 3.63) is 0 Å². The predicted octanol–water partition coefficient (Wildman–Crippen LogP) is 3.27. The third-order valence-corrected chi connectivity index (χ3v) is 6.11. The molecular weight excluding hydrogens is 250 g/mol. The van der Waals surface area contributed by atoms with E-state index >= 15 is 0 Å². The van der Waals surface area contributed by atoms with E-state index in [4.69, 9.17) is 9.47 Å². The number of rotatable bonds is 5. The quantitative estimate of drug-likeness (QED) is 0.839. The lowest BCUT2D eigenvalue weighted by Gasteiger charge is -2.58. The summed E-state index contributed by atoms with van der Waals surface area (Å²) in [5, 5.41) is 3.96. The largest absolute Gasteiger partial charge is 0.380 e.